The zero-order chi connectivity index (χ0) is 23.5. The number of aryl methyl sites for hydroxylation is 1. The Bertz CT molecular complexity index is 1480. The molecule has 0 amide bonds. The van der Waals surface area contributed by atoms with Gasteiger partial charge in [-0.1, -0.05) is 66.2 Å². The molecule has 33 heavy (non-hydrogen) atoms. The van der Waals surface area contributed by atoms with Crippen LogP contribution in [-0.2, 0) is 20.6 Å². The summed E-state index contributed by atoms with van der Waals surface area (Å²) in [4.78, 5) is 29.9. The number of hydrazone groups is 1. The normalized spacial score (nSPS) is 12.1. The molecule has 0 fully saturated rings. The van der Waals surface area contributed by atoms with Gasteiger partial charge in [0.1, 0.15) is 0 Å². The first-order valence-electron chi connectivity index (χ1n) is 10.3. The van der Waals surface area contributed by atoms with E-state index >= 15 is 0 Å². The van der Waals surface area contributed by atoms with Gasteiger partial charge in [-0.05, 0) is 30.2 Å². The number of fused-ring (bicyclic) bond motifs is 1. The molecule has 8 nitrogen and oxygen atoms in total. The molecule has 1 N–H and O–H groups in total. The molecule has 9 heteroatoms. The zero-order valence-corrected chi connectivity index (χ0v) is 19.2. The number of nitrogens with one attached hydrogen (secondary N) is 1. The molecule has 2 heterocycles. The Morgan fingerprint density at radius 2 is 1.76 bits per heavy atom. The summed E-state index contributed by atoms with van der Waals surface area (Å²) in [6.45, 7) is 2.21. The van der Waals surface area contributed by atoms with Crippen molar-refractivity contribution in [1.82, 2.24) is 18.7 Å². The minimum Gasteiger partial charge on any atom is -0.299 e. The molecule has 2 aromatic heterocycles. The SMILES string of the molecule is C/C(=N/Nc1nc2c(c(=O)n(C)c(=O)n2C)n1C/C=C\c1ccccc1)c1ccc(Cl)cc1. The summed E-state index contributed by atoms with van der Waals surface area (Å²) in [6, 6.07) is 17.2. The van der Waals surface area contributed by atoms with Gasteiger partial charge in [-0.15, -0.1) is 0 Å². The first-order valence-corrected chi connectivity index (χ1v) is 10.7. The number of allylic oxidation sites excluding steroid dienone is 1. The van der Waals surface area contributed by atoms with E-state index in [1.165, 1.54) is 11.6 Å². The lowest BCUT2D eigenvalue weighted by molar-refractivity contribution is 0.703. The standard InChI is InChI=1S/C24H23ClN6O2/c1-16(18-11-13-19(25)14-12-18)27-28-23-26-21-20(22(32)30(3)24(33)29(21)2)31(23)15-7-10-17-8-5-4-6-9-17/h4-14H,15H2,1-3H3,(H,26,28)/b10-7-,27-16-. The van der Waals surface area contributed by atoms with Gasteiger partial charge in [0.25, 0.3) is 5.56 Å². The van der Waals surface area contributed by atoms with Gasteiger partial charge in [0.15, 0.2) is 11.2 Å². The van der Waals surface area contributed by atoms with Crippen molar-refractivity contribution in [3.63, 3.8) is 0 Å². The highest BCUT2D eigenvalue weighted by molar-refractivity contribution is 6.30. The van der Waals surface area contributed by atoms with E-state index in [1.807, 2.05) is 61.5 Å². The molecule has 0 bridgehead atoms. The Balaban J connectivity index is 1.77. The molecule has 0 saturated heterocycles. The van der Waals surface area contributed by atoms with E-state index in [0.717, 1.165) is 15.7 Å². The summed E-state index contributed by atoms with van der Waals surface area (Å²) >= 11 is 5.97. The molecule has 0 aliphatic carbocycles. The average molecular weight is 463 g/mol. The van der Waals surface area contributed by atoms with Crippen LogP contribution in [0.25, 0.3) is 17.2 Å². The average Bonchev–Trinajstić information content (AvgIpc) is 3.19. The van der Waals surface area contributed by atoms with Gasteiger partial charge in [0.2, 0.25) is 5.95 Å². The Morgan fingerprint density at radius 3 is 2.45 bits per heavy atom. The first kappa shape index (κ1) is 22.3. The summed E-state index contributed by atoms with van der Waals surface area (Å²) in [5.41, 5.74) is 5.36. The highest BCUT2D eigenvalue weighted by Crippen LogP contribution is 2.17. The smallest absolute Gasteiger partial charge is 0.299 e. The van der Waals surface area contributed by atoms with E-state index in [9.17, 15) is 9.59 Å². The predicted octanol–water partition coefficient (Wildman–Crippen LogP) is 3.64. The lowest BCUT2D eigenvalue weighted by atomic mass is 10.1. The van der Waals surface area contributed by atoms with E-state index in [4.69, 9.17) is 11.6 Å². The molecule has 0 saturated carbocycles. The number of rotatable bonds is 6. The van der Waals surface area contributed by atoms with E-state index in [0.29, 0.717) is 28.7 Å². The lowest BCUT2D eigenvalue weighted by Gasteiger charge is -2.07. The summed E-state index contributed by atoms with van der Waals surface area (Å²) < 4.78 is 4.15. The number of halogens is 1. The van der Waals surface area contributed by atoms with Gasteiger partial charge >= 0.3 is 5.69 Å². The fraction of sp³-hybridized carbons (Fsp3) is 0.167. The first-order chi connectivity index (χ1) is 15.9. The van der Waals surface area contributed by atoms with E-state index in [2.05, 4.69) is 15.5 Å². The van der Waals surface area contributed by atoms with E-state index < -0.39 is 11.2 Å². The van der Waals surface area contributed by atoms with Gasteiger partial charge in [0, 0.05) is 25.7 Å². The van der Waals surface area contributed by atoms with Gasteiger partial charge < -0.3 is 0 Å². The minimum absolute atomic E-state index is 0.290. The summed E-state index contributed by atoms with van der Waals surface area (Å²) in [6.07, 6.45) is 3.90. The molecule has 168 valence electrons. The van der Waals surface area contributed by atoms with Crippen LogP contribution in [-0.4, -0.2) is 24.4 Å². The second-order valence-electron chi connectivity index (χ2n) is 7.55. The van der Waals surface area contributed by atoms with Crippen LogP contribution < -0.4 is 16.7 Å². The van der Waals surface area contributed by atoms with Crippen molar-refractivity contribution in [2.75, 3.05) is 5.43 Å². The molecule has 4 aromatic rings. The van der Waals surface area contributed by atoms with Gasteiger partial charge in [-0.25, -0.2) is 10.2 Å². The topological polar surface area (TPSA) is 86.2 Å². The summed E-state index contributed by atoms with van der Waals surface area (Å²) in [7, 11) is 3.05. The molecular formula is C24H23ClN6O2. The largest absolute Gasteiger partial charge is 0.332 e. The number of aromatic nitrogens is 4. The van der Waals surface area contributed by atoms with E-state index in [-0.39, 0.29) is 5.65 Å². The molecule has 0 spiro atoms. The van der Waals surface area contributed by atoms with Crippen molar-refractivity contribution in [1.29, 1.82) is 0 Å². The highest BCUT2D eigenvalue weighted by Gasteiger charge is 2.18. The zero-order valence-electron chi connectivity index (χ0n) is 18.5. The Hall–Kier alpha value is -3.91. The van der Waals surface area contributed by atoms with Crippen LogP contribution in [0.4, 0.5) is 5.95 Å². The van der Waals surface area contributed by atoms with Crippen LogP contribution in [0.15, 0.2) is 75.4 Å². The maximum atomic E-state index is 12.9. The third kappa shape index (κ3) is 4.51. The molecule has 0 atom stereocenters. The predicted molar refractivity (Wildman–Crippen MR) is 133 cm³/mol. The number of nitrogens with zero attached hydrogens (tertiary/aromatic N) is 5. The van der Waals surface area contributed by atoms with Crippen LogP contribution in [0, 0.1) is 0 Å². The minimum atomic E-state index is -0.440. The fourth-order valence-corrected chi connectivity index (χ4v) is 3.58. The number of hydrogen-bond acceptors (Lipinski definition) is 5. The third-order valence-corrected chi connectivity index (χ3v) is 5.58. The molecule has 0 aliphatic rings. The Morgan fingerprint density at radius 1 is 1.06 bits per heavy atom. The Labute approximate surface area is 195 Å². The van der Waals surface area contributed by atoms with Gasteiger partial charge in [-0.2, -0.15) is 10.1 Å². The maximum absolute atomic E-state index is 12.9. The van der Waals surface area contributed by atoms with Crippen molar-refractivity contribution in [2.45, 2.75) is 13.5 Å². The number of hydrogen-bond donors (Lipinski definition) is 1. The summed E-state index contributed by atoms with van der Waals surface area (Å²) in [5.74, 6) is 0.356. The van der Waals surface area contributed by atoms with Gasteiger partial charge in [0.05, 0.1) is 5.71 Å². The molecule has 0 aliphatic heterocycles. The van der Waals surface area contributed by atoms with Gasteiger partial charge in [-0.3, -0.25) is 18.5 Å². The summed E-state index contributed by atoms with van der Waals surface area (Å²) in [5, 5.41) is 5.08. The molecule has 0 unspecified atom stereocenters. The number of benzene rings is 2. The quantitative estimate of drug-likeness (QED) is 0.350. The number of imidazole rings is 1. The number of anilines is 1. The second kappa shape index (κ2) is 9.30. The van der Waals surface area contributed by atoms with Crippen LogP contribution in [0.5, 0.6) is 0 Å². The fourth-order valence-electron chi connectivity index (χ4n) is 3.46. The van der Waals surface area contributed by atoms with Crippen LogP contribution in [0.1, 0.15) is 18.1 Å². The molecule has 0 radical (unpaired) electrons. The van der Waals surface area contributed by atoms with Crippen LogP contribution in [0.3, 0.4) is 0 Å². The van der Waals surface area contributed by atoms with Crippen molar-refractivity contribution in [2.24, 2.45) is 19.2 Å². The third-order valence-electron chi connectivity index (χ3n) is 5.33. The van der Waals surface area contributed by atoms with Crippen molar-refractivity contribution in [3.05, 3.63) is 97.7 Å². The molecule has 4 rings (SSSR count). The molecular weight excluding hydrogens is 440 g/mol. The highest BCUT2D eigenvalue weighted by atomic mass is 35.5. The van der Waals surface area contributed by atoms with Crippen LogP contribution >= 0.6 is 11.6 Å². The lowest BCUT2D eigenvalue weighted by Crippen LogP contribution is -2.37. The Kier molecular flexibility index (Phi) is 6.28. The second-order valence-corrected chi connectivity index (χ2v) is 7.99. The van der Waals surface area contributed by atoms with Crippen molar-refractivity contribution in [3.8, 4) is 0 Å². The monoisotopic (exact) mass is 462 g/mol. The van der Waals surface area contributed by atoms with Crippen molar-refractivity contribution < 1.29 is 0 Å². The van der Waals surface area contributed by atoms with Crippen molar-refractivity contribution >= 4 is 40.5 Å². The van der Waals surface area contributed by atoms with E-state index in [1.54, 1.807) is 23.7 Å². The molecule has 2 aromatic carbocycles. The maximum Gasteiger partial charge on any atom is 0.332 e. The van der Waals surface area contributed by atoms with Crippen LogP contribution in [0.2, 0.25) is 5.02 Å².